The molecule has 152 valence electrons. The van der Waals surface area contributed by atoms with Gasteiger partial charge in [0.2, 0.25) is 5.91 Å². The first-order valence-electron chi connectivity index (χ1n) is 10.3. The molecule has 0 radical (unpaired) electrons. The van der Waals surface area contributed by atoms with Crippen LogP contribution in [0.5, 0.6) is 0 Å². The first kappa shape index (κ1) is 18.6. The maximum Gasteiger partial charge on any atom is 0.345 e. The average molecular weight is 401 g/mol. The molecule has 2 aliphatic heterocycles. The summed E-state index contributed by atoms with van der Waals surface area (Å²) in [6.07, 6.45) is 1.37. The molecule has 0 aliphatic carbocycles. The van der Waals surface area contributed by atoms with Crippen molar-refractivity contribution in [3.63, 3.8) is 0 Å². The second-order valence-electron chi connectivity index (χ2n) is 7.82. The standard InChI is InChI=1S/C24H23N3O3/c28-23(25-20-11-10-18-8-4-5-9-19(18)14-20)22-13-12-21-15-26(22)24(29)27(21)30-16-17-6-2-1-3-7-17/h1-11,14,21-22H,12-13,15-16H2,(H,25,28)/t21?,22-/m0/s1. The van der Waals surface area contributed by atoms with Crippen LogP contribution < -0.4 is 5.32 Å². The van der Waals surface area contributed by atoms with Crippen LogP contribution in [0.25, 0.3) is 10.8 Å². The average Bonchev–Trinajstić information content (AvgIpc) is 3.02. The van der Waals surface area contributed by atoms with E-state index in [2.05, 4.69) is 5.32 Å². The Labute approximate surface area is 175 Å². The van der Waals surface area contributed by atoms with Crippen LogP contribution in [0.4, 0.5) is 10.5 Å². The zero-order chi connectivity index (χ0) is 20.5. The van der Waals surface area contributed by atoms with E-state index in [1.54, 1.807) is 4.90 Å². The molecule has 0 spiro atoms. The number of nitrogens with zero attached hydrogens (tertiary/aromatic N) is 2. The van der Waals surface area contributed by atoms with Crippen LogP contribution >= 0.6 is 0 Å². The number of hydroxylamine groups is 2. The van der Waals surface area contributed by atoms with E-state index in [1.165, 1.54) is 5.06 Å². The summed E-state index contributed by atoms with van der Waals surface area (Å²) in [7, 11) is 0. The normalized spacial score (nSPS) is 20.6. The second kappa shape index (κ2) is 7.80. The van der Waals surface area contributed by atoms with E-state index in [-0.39, 0.29) is 18.0 Å². The van der Waals surface area contributed by atoms with Crippen LogP contribution in [0, 0.1) is 0 Å². The molecule has 3 aromatic carbocycles. The highest BCUT2D eigenvalue weighted by atomic mass is 16.7. The fraction of sp³-hybridized carbons (Fsp3) is 0.250. The van der Waals surface area contributed by atoms with Gasteiger partial charge in [0.15, 0.2) is 0 Å². The van der Waals surface area contributed by atoms with Gasteiger partial charge in [0, 0.05) is 12.2 Å². The minimum atomic E-state index is -0.481. The Kier molecular flexibility index (Phi) is 4.85. The second-order valence-corrected chi connectivity index (χ2v) is 7.82. The van der Waals surface area contributed by atoms with Gasteiger partial charge in [-0.3, -0.25) is 9.63 Å². The fourth-order valence-electron chi connectivity index (χ4n) is 4.28. The fourth-order valence-corrected chi connectivity index (χ4v) is 4.28. The molecule has 6 heteroatoms. The van der Waals surface area contributed by atoms with Crippen molar-refractivity contribution in [2.75, 3.05) is 11.9 Å². The van der Waals surface area contributed by atoms with Crippen molar-refractivity contribution < 1.29 is 14.4 Å². The Morgan fingerprint density at radius 2 is 1.73 bits per heavy atom. The van der Waals surface area contributed by atoms with E-state index in [0.717, 1.165) is 28.4 Å². The Morgan fingerprint density at radius 3 is 2.57 bits per heavy atom. The molecule has 2 saturated heterocycles. The van der Waals surface area contributed by atoms with Gasteiger partial charge in [-0.15, -0.1) is 0 Å². The number of hydrogen-bond acceptors (Lipinski definition) is 3. The smallest absolute Gasteiger partial charge is 0.324 e. The molecule has 1 unspecified atom stereocenters. The summed E-state index contributed by atoms with van der Waals surface area (Å²) in [5.41, 5.74) is 1.75. The highest BCUT2D eigenvalue weighted by molar-refractivity contribution is 5.99. The Morgan fingerprint density at radius 1 is 0.967 bits per heavy atom. The third kappa shape index (κ3) is 3.50. The summed E-state index contributed by atoms with van der Waals surface area (Å²) in [6, 6.07) is 22.9. The molecule has 6 nitrogen and oxygen atoms in total. The van der Waals surface area contributed by atoms with Crippen molar-refractivity contribution in [2.24, 2.45) is 0 Å². The maximum atomic E-state index is 13.0. The summed E-state index contributed by atoms with van der Waals surface area (Å²) in [6.45, 7) is 0.855. The Balaban J connectivity index is 1.26. The number of carbonyl (C=O) groups is 2. The van der Waals surface area contributed by atoms with Crippen LogP contribution in [0.1, 0.15) is 18.4 Å². The molecule has 3 aromatic rings. The number of anilines is 1. The van der Waals surface area contributed by atoms with Gasteiger partial charge in [-0.2, -0.15) is 5.06 Å². The number of piperidine rings is 1. The first-order valence-corrected chi connectivity index (χ1v) is 10.3. The van der Waals surface area contributed by atoms with Crippen molar-refractivity contribution in [1.29, 1.82) is 0 Å². The lowest BCUT2D eigenvalue weighted by Crippen LogP contribution is -2.47. The van der Waals surface area contributed by atoms with Crippen LogP contribution in [0.15, 0.2) is 72.8 Å². The van der Waals surface area contributed by atoms with Crippen LogP contribution in [-0.4, -0.2) is 40.5 Å². The molecule has 30 heavy (non-hydrogen) atoms. The zero-order valence-electron chi connectivity index (χ0n) is 16.5. The monoisotopic (exact) mass is 401 g/mol. The summed E-state index contributed by atoms with van der Waals surface area (Å²) in [5.74, 6) is -0.151. The Bertz CT molecular complexity index is 1090. The van der Waals surface area contributed by atoms with Gasteiger partial charge < -0.3 is 10.2 Å². The van der Waals surface area contributed by atoms with Crippen molar-refractivity contribution >= 4 is 28.4 Å². The van der Waals surface area contributed by atoms with Crippen molar-refractivity contribution in [3.8, 4) is 0 Å². The molecule has 2 heterocycles. The van der Waals surface area contributed by atoms with Crippen LogP contribution in [-0.2, 0) is 16.2 Å². The molecule has 2 bridgehead atoms. The van der Waals surface area contributed by atoms with Gasteiger partial charge in [0.25, 0.3) is 0 Å². The number of fused-ring (bicyclic) bond motifs is 3. The molecule has 2 fully saturated rings. The van der Waals surface area contributed by atoms with Crippen molar-refractivity contribution in [1.82, 2.24) is 9.96 Å². The van der Waals surface area contributed by atoms with E-state index < -0.39 is 6.04 Å². The third-order valence-corrected chi connectivity index (χ3v) is 5.86. The van der Waals surface area contributed by atoms with Crippen LogP contribution in [0.2, 0.25) is 0 Å². The van der Waals surface area contributed by atoms with Gasteiger partial charge >= 0.3 is 6.03 Å². The lowest BCUT2D eigenvalue weighted by Gasteiger charge is -2.29. The number of benzene rings is 3. The molecule has 2 aliphatic rings. The molecular weight excluding hydrogens is 378 g/mol. The summed E-state index contributed by atoms with van der Waals surface area (Å²) in [5, 5.41) is 6.63. The predicted octanol–water partition coefficient (Wildman–Crippen LogP) is 4.18. The number of carbonyl (C=O) groups excluding carboxylic acids is 2. The lowest BCUT2D eigenvalue weighted by atomic mass is 10.00. The van der Waals surface area contributed by atoms with E-state index in [0.29, 0.717) is 19.6 Å². The number of hydrogen-bond donors (Lipinski definition) is 1. The predicted molar refractivity (Wildman–Crippen MR) is 115 cm³/mol. The molecular formula is C24H23N3O3. The molecule has 2 atom stereocenters. The zero-order valence-corrected chi connectivity index (χ0v) is 16.5. The molecule has 1 N–H and O–H groups in total. The van der Waals surface area contributed by atoms with Gasteiger partial charge in [0.05, 0.1) is 6.04 Å². The van der Waals surface area contributed by atoms with Crippen molar-refractivity contribution in [2.45, 2.75) is 31.5 Å². The van der Waals surface area contributed by atoms with Gasteiger partial charge in [-0.05, 0) is 41.3 Å². The number of rotatable bonds is 5. The minimum Gasteiger partial charge on any atom is -0.324 e. The molecule has 3 amide bonds. The number of amides is 3. The lowest BCUT2D eigenvalue weighted by molar-refractivity contribution is -0.140. The van der Waals surface area contributed by atoms with Crippen molar-refractivity contribution in [3.05, 3.63) is 78.4 Å². The molecule has 0 aromatic heterocycles. The SMILES string of the molecule is O=C(Nc1ccc2ccccc2c1)[C@@H]1CCC2CN1C(=O)N2OCc1ccccc1. The molecule has 0 saturated carbocycles. The Hall–Kier alpha value is -3.38. The largest absolute Gasteiger partial charge is 0.345 e. The summed E-state index contributed by atoms with van der Waals surface area (Å²) >= 11 is 0. The van der Waals surface area contributed by atoms with E-state index >= 15 is 0 Å². The van der Waals surface area contributed by atoms with Gasteiger partial charge in [-0.25, -0.2) is 4.79 Å². The number of urea groups is 1. The minimum absolute atomic E-state index is 0.00840. The quantitative estimate of drug-likeness (QED) is 0.698. The van der Waals surface area contributed by atoms with Gasteiger partial charge in [0.1, 0.15) is 12.6 Å². The molecule has 5 rings (SSSR count). The van der Waals surface area contributed by atoms with E-state index in [4.69, 9.17) is 4.84 Å². The van der Waals surface area contributed by atoms with E-state index in [1.807, 2.05) is 72.8 Å². The topological polar surface area (TPSA) is 61.9 Å². The van der Waals surface area contributed by atoms with Gasteiger partial charge in [-0.1, -0.05) is 60.7 Å². The third-order valence-electron chi connectivity index (χ3n) is 5.86. The highest BCUT2D eigenvalue weighted by Gasteiger charge is 2.47. The maximum absolute atomic E-state index is 13.0. The van der Waals surface area contributed by atoms with E-state index in [9.17, 15) is 9.59 Å². The van der Waals surface area contributed by atoms with Crippen LogP contribution in [0.3, 0.4) is 0 Å². The summed E-state index contributed by atoms with van der Waals surface area (Å²) < 4.78 is 0. The first-order chi connectivity index (χ1) is 14.7. The summed E-state index contributed by atoms with van der Waals surface area (Å²) in [4.78, 5) is 33.3. The number of nitrogens with one attached hydrogen (secondary N) is 1. The highest BCUT2D eigenvalue weighted by Crippen LogP contribution is 2.31.